The first-order valence-corrected chi connectivity index (χ1v) is 8.33. The van der Waals surface area contributed by atoms with Gasteiger partial charge in [0.2, 0.25) is 11.8 Å². The van der Waals surface area contributed by atoms with E-state index < -0.39 is 0 Å². The van der Waals surface area contributed by atoms with Crippen molar-refractivity contribution >= 4 is 29.1 Å². The molecule has 1 aromatic carbocycles. The van der Waals surface area contributed by atoms with Crippen LogP contribution in [0.3, 0.4) is 0 Å². The van der Waals surface area contributed by atoms with Gasteiger partial charge in [0.1, 0.15) is 0 Å². The average molecular weight is 347 g/mol. The first-order valence-electron chi connectivity index (χ1n) is 7.95. The van der Waals surface area contributed by atoms with Gasteiger partial charge in [0.05, 0.1) is 22.9 Å². The molecule has 2 aromatic rings. The van der Waals surface area contributed by atoms with Crippen LogP contribution in [0.1, 0.15) is 24.8 Å². The molecule has 7 heteroatoms. The second-order valence-corrected chi connectivity index (χ2v) is 6.29. The molecule has 0 unspecified atom stereocenters. The summed E-state index contributed by atoms with van der Waals surface area (Å²) >= 11 is 6.15. The molecule has 2 heterocycles. The van der Waals surface area contributed by atoms with E-state index in [-0.39, 0.29) is 17.9 Å². The highest BCUT2D eigenvalue weighted by Crippen LogP contribution is 2.28. The zero-order chi connectivity index (χ0) is 16.9. The van der Waals surface area contributed by atoms with Crippen molar-refractivity contribution < 1.29 is 9.59 Å². The minimum Gasteiger partial charge on any atom is -0.351 e. The largest absolute Gasteiger partial charge is 0.351 e. The lowest BCUT2D eigenvalue weighted by Crippen LogP contribution is -2.37. The Morgan fingerprint density at radius 3 is 3.00 bits per heavy atom. The first kappa shape index (κ1) is 16.5. The number of aromatic nitrogens is 2. The summed E-state index contributed by atoms with van der Waals surface area (Å²) in [7, 11) is 0. The third kappa shape index (κ3) is 3.94. The fourth-order valence-electron chi connectivity index (χ4n) is 2.87. The summed E-state index contributed by atoms with van der Waals surface area (Å²) in [6.07, 6.45) is 5.88. The van der Waals surface area contributed by atoms with E-state index in [0.29, 0.717) is 30.1 Å². The molecule has 0 radical (unpaired) electrons. The van der Waals surface area contributed by atoms with Gasteiger partial charge >= 0.3 is 0 Å². The SMILES string of the molecule is O=C(CCCc1cn[nH]c1)N[C@H]1CC(=O)N(c2ccccc2Cl)C1. The molecule has 1 atom stereocenters. The lowest BCUT2D eigenvalue weighted by molar-refractivity contribution is -0.121. The summed E-state index contributed by atoms with van der Waals surface area (Å²) in [5.74, 6) is -0.0518. The van der Waals surface area contributed by atoms with Crippen molar-refractivity contribution in [2.24, 2.45) is 0 Å². The van der Waals surface area contributed by atoms with Gasteiger partial charge in [-0.2, -0.15) is 5.10 Å². The lowest BCUT2D eigenvalue weighted by Gasteiger charge is -2.18. The molecule has 1 fully saturated rings. The van der Waals surface area contributed by atoms with Gasteiger partial charge in [-0.3, -0.25) is 14.7 Å². The van der Waals surface area contributed by atoms with Crippen molar-refractivity contribution in [3.8, 4) is 0 Å². The average Bonchev–Trinajstić information content (AvgIpc) is 3.18. The summed E-state index contributed by atoms with van der Waals surface area (Å²) in [5.41, 5.74) is 1.78. The van der Waals surface area contributed by atoms with Crippen LogP contribution in [0.2, 0.25) is 5.02 Å². The highest BCUT2D eigenvalue weighted by atomic mass is 35.5. The van der Waals surface area contributed by atoms with E-state index in [1.807, 2.05) is 24.4 Å². The van der Waals surface area contributed by atoms with Gasteiger partial charge < -0.3 is 10.2 Å². The second kappa shape index (κ2) is 7.49. The predicted octanol–water partition coefficient (Wildman–Crippen LogP) is 2.31. The van der Waals surface area contributed by atoms with Gasteiger partial charge in [0.15, 0.2) is 0 Å². The minimum absolute atomic E-state index is 0.0215. The normalized spacial score (nSPS) is 17.3. The van der Waals surface area contributed by atoms with Gasteiger partial charge in [0.25, 0.3) is 0 Å². The van der Waals surface area contributed by atoms with Crippen LogP contribution in [-0.2, 0) is 16.0 Å². The van der Waals surface area contributed by atoms with Crippen LogP contribution in [0, 0.1) is 0 Å². The number of benzene rings is 1. The summed E-state index contributed by atoms with van der Waals surface area (Å²) < 4.78 is 0. The number of rotatable bonds is 6. The molecule has 1 aromatic heterocycles. The molecule has 2 N–H and O–H groups in total. The number of hydrogen-bond acceptors (Lipinski definition) is 3. The third-order valence-corrected chi connectivity index (χ3v) is 4.38. The Morgan fingerprint density at radius 1 is 1.42 bits per heavy atom. The zero-order valence-corrected chi connectivity index (χ0v) is 13.9. The van der Waals surface area contributed by atoms with Crippen molar-refractivity contribution in [3.05, 3.63) is 47.2 Å². The number of H-pyrrole nitrogens is 1. The fraction of sp³-hybridized carbons (Fsp3) is 0.353. The number of aryl methyl sites for hydroxylation is 1. The molecule has 24 heavy (non-hydrogen) atoms. The van der Waals surface area contributed by atoms with Crippen LogP contribution >= 0.6 is 11.6 Å². The minimum atomic E-state index is -0.171. The van der Waals surface area contributed by atoms with Gasteiger partial charge in [-0.1, -0.05) is 23.7 Å². The Kier molecular flexibility index (Phi) is 5.15. The Morgan fingerprint density at radius 2 is 2.25 bits per heavy atom. The standard InChI is InChI=1S/C17H19ClN4O2/c18-14-5-1-2-6-15(14)22-11-13(8-17(22)24)21-16(23)7-3-4-12-9-19-20-10-12/h1-2,5-6,9-10,13H,3-4,7-8,11H2,(H,19,20)(H,21,23)/t13-/m0/s1. The molecule has 3 rings (SSSR count). The molecule has 1 aliphatic rings. The van der Waals surface area contributed by atoms with Crippen molar-refractivity contribution in [1.82, 2.24) is 15.5 Å². The monoisotopic (exact) mass is 346 g/mol. The van der Waals surface area contributed by atoms with Crippen molar-refractivity contribution in [2.45, 2.75) is 31.7 Å². The van der Waals surface area contributed by atoms with Crippen LogP contribution in [0.25, 0.3) is 0 Å². The van der Waals surface area contributed by atoms with E-state index in [9.17, 15) is 9.59 Å². The van der Waals surface area contributed by atoms with Crippen molar-refractivity contribution in [2.75, 3.05) is 11.4 Å². The molecule has 0 bridgehead atoms. The maximum Gasteiger partial charge on any atom is 0.229 e. The summed E-state index contributed by atoms with van der Waals surface area (Å²) in [4.78, 5) is 25.9. The van der Waals surface area contributed by atoms with E-state index >= 15 is 0 Å². The smallest absolute Gasteiger partial charge is 0.229 e. The number of anilines is 1. The molecule has 1 saturated heterocycles. The van der Waals surface area contributed by atoms with Crippen molar-refractivity contribution in [3.63, 3.8) is 0 Å². The molecule has 0 saturated carbocycles. The Hall–Kier alpha value is -2.34. The van der Waals surface area contributed by atoms with Gasteiger partial charge in [0, 0.05) is 25.6 Å². The number of hydrogen-bond donors (Lipinski definition) is 2. The highest BCUT2D eigenvalue weighted by Gasteiger charge is 2.32. The van der Waals surface area contributed by atoms with Crippen LogP contribution in [0.15, 0.2) is 36.7 Å². The number of carbonyl (C=O) groups is 2. The molecule has 2 amide bonds. The number of halogens is 1. The maximum atomic E-state index is 12.2. The molecular weight excluding hydrogens is 328 g/mol. The van der Waals surface area contributed by atoms with Crippen molar-refractivity contribution in [1.29, 1.82) is 0 Å². The Bertz CT molecular complexity index is 717. The van der Waals surface area contributed by atoms with Crippen LogP contribution in [0.5, 0.6) is 0 Å². The fourth-order valence-corrected chi connectivity index (χ4v) is 3.11. The highest BCUT2D eigenvalue weighted by molar-refractivity contribution is 6.33. The molecule has 126 valence electrons. The third-order valence-electron chi connectivity index (χ3n) is 4.06. The molecule has 0 spiro atoms. The van der Waals surface area contributed by atoms with Gasteiger partial charge in [-0.05, 0) is 30.5 Å². The number of para-hydroxylation sites is 1. The molecule has 1 aliphatic heterocycles. The predicted molar refractivity (Wildman–Crippen MR) is 91.9 cm³/mol. The topological polar surface area (TPSA) is 78.1 Å². The zero-order valence-electron chi connectivity index (χ0n) is 13.2. The van der Waals surface area contributed by atoms with E-state index in [4.69, 9.17) is 11.6 Å². The van der Waals surface area contributed by atoms with Gasteiger partial charge in [-0.25, -0.2) is 0 Å². The Balaban J connectivity index is 1.49. The quantitative estimate of drug-likeness (QED) is 0.842. The van der Waals surface area contributed by atoms with Crippen LogP contribution in [-0.4, -0.2) is 34.6 Å². The van der Waals surface area contributed by atoms with Crippen LogP contribution < -0.4 is 10.2 Å². The number of nitrogens with one attached hydrogen (secondary N) is 2. The molecular formula is C17H19ClN4O2. The second-order valence-electron chi connectivity index (χ2n) is 5.88. The van der Waals surface area contributed by atoms with E-state index in [2.05, 4.69) is 15.5 Å². The summed E-state index contributed by atoms with van der Waals surface area (Å²) in [6, 6.07) is 7.07. The number of amides is 2. The number of carbonyl (C=O) groups excluding carboxylic acids is 2. The van der Waals surface area contributed by atoms with E-state index in [1.165, 1.54) is 0 Å². The lowest BCUT2D eigenvalue weighted by atomic mass is 10.1. The van der Waals surface area contributed by atoms with Crippen LogP contribution in [0.4, 0.5) is 5.69 Å². The van der Waals surface area contributed by atoms with E-state index in [1.54, 1.807) is 17.2 Å². The van der Waals surface area contributed by atoms with E-state index in [0.717, 1.165) is 18.4 Å². The van der Waals surface area contributed by atoms with Gasteiger partial charge in [-0.15, -0.1) is 0 Å². The number of nitrogens with zero attached hydrogens (tertiary/aromatic N) is 2. The molecule has 0 aliphatic carbocycles. The summed E-state index contributed by atoms with van der Waals surface area (Å²) in [6.45, 7) is 0.454. The molecule has 6 nitrogen and oxygen atoms in total. The Labute approximate surface area is 145 Å². The maximum absolute atomic E-state index is 12.2. The number of aromatic amines is 1. The first-order chi connectivity index (χ1) is 11.6. The summed E-state index contributed by atoms with van der Waals surface area (Å²) in [5, 5.41) is 10.1.